The molecule has 1 aliphatic rings. The number of hydrogen-bond acceptors (Lipinski definition) is 3. The summed E-state index contributed by atoms with van der Waals surface area (Å²) in [7, 11) is 1.65. The summed E-state index contributed by atoms with van der Waals surface area (Å²) in [5.74, 6) is 1.51. The van der Waals surface area contributed by atoms with Gasteiger partial charge in [0.1, 0.15) is 5.75 Å². The van der Waals surface area contributed by atoms with Gasteiger partial charge in [0.2, 0.25) is 5.91 Å². The molecule has 0 bridgehead atoms. The quantitative estimate of drug-likeness (QED) is 0.849. The summed E-state index contributed by atoms with van der Waals surface area (Å²) >= 11 is 0. The van der Waals surface area contributed by atoms with E-state index in [0.717, 1.165) is 37.2 Å². The minimum Gasteiger partial charge on any atom is -0.497 e. The van der Waals surface area contributed by atoms with Crippen molar-refractivity contribution in [2.45, 2.75) is 25.8 Å². The van der Waals surface area contributed by atoms with Gasteiger partial charge in [0.25, 0.3) is 0 Å². The second-order valence-corrected chi connectivity index (χ2v) is 5.03. The van der Waals surface area contributed by atoms with Crippen molar-refractivity contribution < 1.29 is 9.53 Å². The lowest BCUT2D eigenvalue weighted by Gasteiger charge is -2.21. The van der Waals surface area contributed by atoms with Gasteiger partial charge in [-0.15, -0.1) is 0 Å². The van der Waals surface area contributed by atoms with Gasteiger partial charge in [0.15, 0.2) is 0 Å². The number of carbonyl (C=O) groups excluding carboxylic acids is 1. The minimum atomic E-state index is 0.148. The highest BCUT2D eigenvalue weighted by molar-refractivity contribution is 5.76. The molecule has 1 aliphatic heterocycles. The van der Waals surface area contributed by atoms with Crippen LogP contribution in [0.1, 0.15) is 24.8 Å². The molecule has 1 amide bonds. The number of amides is 1. The van der Waals surface area contributed by atoms with Gasteiger partial charge in [-0.3, -0.25) is 4.79 Å². The molecule has 2 rings (SSSR count). The SMILES string of the molecule is COc1cccc(CNC(=O)CC2CCNCC2)c1. The van der Waals surface area contributed by atoms with Crippen molar-refractivity contribution in [3.8, 4) is 5.75 Å². The molecule has 1 aromatic rings. The van der Waals surface area contributed by atoms with Crippen LogP contribution < -0.4 is 15.4 Å². The maximum Gasteiger partial charge on any atom is 0.220 e. The Hall–Kier alpha value is -1.55. The average molecular weight is 262 g/mol. The van der Waals surface area contributed by atoms with Crippen LogP contribution >= 0.6 is 0 Å². The first-order chi connectivity index (χ1) is 9.28. The predicted molar refractivity (Wildman–Crippen MR) is 75.1 cm³/mol. The van der Waals surface area contributed by atoms with Gasteiger partial charge in [-0.2, -0.15) is 0 Å². The van der Waals surface area contributed by atoms with Crippen LogP contribution in [0.5, 0.6) is 5.75 Å². The molecule has 0 aromatic heterocycles. The molecule has 0 saturated carbocycles. The van der Waals surface area contributed by atoms with E-state index in [1.165, 1.54) is 0 Å². The lowest BCUT2D eigenvalue weighted by atomic mass is 9.94. The molecule has 0 aliphatic carbocycles. The normalized spacial score (nSPS) is 16.1. The van der Waals surface area contributed by atoms with Crippen LogP contribution in [-0.4, -0.2) is 26.1 Å². The van der Waals surface area contributed by atoms with E-state index >= 15 is 0 Å². The van der Waals surface area contributed by atoms with Gasteiger partial charge < -0.3 is 15.4 Å². The highest BCUT2D eigenvalue weighted by atomic mass is 16.5. The minimum absolute atomic E-state index is 0.148. The number of rotatable bonds is 5. The van der Waals surface area contributed by atoms with Gasteiger partial charge in [-0.1, -0.05) is 12.1 Å². The average Bonchev–Trinajstić information content (AvgIpc) is 2.46. The van der Waals surface area contributed by atoms with Gasteiger partial charge in [-0.05, 0) is 49.5 Å². The van der Waals surface area contributed by atoms with Crippen LogP contribution in [0.15, 0.2) is 24.3 Å². The van der Waals surface area contributed by atoms with Crippen LogP contribution in [-0.2, 0) is 11.3 Å². The Morgan fingerprint density at radius 2 is 2.21 bits per heavy atom. The van der Waals surface area contributed by atoms with Crippen molar-refractivity contribution >= 4 is 5.91 Å². The Morgan fingerprint density at radius 3 is 2.95 bits per heavy atom. The molecule has 0 unspecified atom stereocenters. The van der Waals surface area contributed by atoms with Crippen molar-refractivity contribution in [1.82, 2.24) is 10.6 Å². The van der Waals surface area contributed by atoms with E-state index in [9.17, 15) is 4.79 Å². The van der Waals surface area contributed by atoms with E-state index < -0.39 is 0 Å². The fourth-order valence-electron chi connectivity index (χ4n) is 2.40. The van der Waals surface area contributed by atoms with Crippen LogP contribution in [0.25, 0.3) is 0 Å². The second-order valence-electron chi connectivity index (χ2n) is 5.03. The number of ether oxygens (including phenoxy) is 1. The molecule has 1 fully saturated rings. The van der Waals surface area contributed by atoms with Gasteiger partial charge >= 0.3 is 0 Å². The first-order valence-corrected chi connectivity index (χ1v) is 6.88. The zero-order chi connectivity index (χ0) is 13.5. The largest absolute Gasteiger partial charge is 0.497 e. The van der Waals surface area contributed by atoms with Crippen molar-refractivity contribution in [3.63, 3.8) is 0 Å². The number of nitrogens with one attached hydrogen (secondary N) is 2. The summed E-state index contributed by atoms with van der Waals surface area (Å²) in [6.45, 7) is 2.64. The van der Waals surface area contributed by atoms with Crippen molar-refractivity contribution in [2.24, 2.45) is 5.92 Å². The number of hydrogen-bond donors (Lipinski definition) is 2. The first kappa shape index (κ1) is 13.9. The molecule has 0 atom stereocenters. The van der Waals surface area contributed by atoms with Crippen molar-refractivity contribution in [3.05, 3.63) is 29.8 Å². The van der Waals surface area contributed by atoms with Crippen LogP contribution in [0.4, 0.5) is 0 Å². The topological polar surface area (TPSA) is 50.4 Å². The molecule has 1 heterocycles. The van der Waals surface area contributed by atoms with Crippen molar-refractivity contribution in [1.29, 1.82) is 0 Å². The second kappa shape index (κ2) is 7.14. The summed E-state index contributed by atoms with van der Waals surface area (Å²) in [6.07, 6.45) is 2.85. The van der Waals surface area contributed by atoms with Crippen LogP contribution in [0.3, 0.4) is 0 Å². The van der Waals surface area contributed by atoms with Gasteiger partial charge in [0.05, 0.1) is 7.11 Å². The third kappa shape index (κ3) is 4.56. The summed E-state index contributed by atoms with van der Waals surface area (Å²) in [5.41, 5.74) is 1.07. The molecule has 19 heavy (non-hydrogen) atoms. The van der Waals surface area contributed by atoms with Gasteiger partial charge in [-0.25, -0.2) is 0 Å². The Balaban J connectivity index is 1.76. The highest BCUT2D eigenvalue weighted by Gasteiger charge is 2.16. The lowest BCUT2D eigenvalue weighted by Crippen LogP contribution is -2.32. The molecule has 104 valence electrons. The Kier molecular flexibility index (Phi) is 5.21. The highest BCUT2D eigenvalue weighted by Crippen LogP contribution is 2.16. The summed E-state index contributed by atoms with van der Waals surface area (Å²) in [6, 6.07) is 7.78. The molecule has 1 aromatic carbocycles. The Labute approximate surface area is 114 Å². The number of carbonyl (C=O) groups is 1. The lowest BCUT2D eigenvalue weighted by molar-refractivity contribution is -0.122. The van der Waals surface area contributed by atoms with E-state index in [0.29, 0.717) is 18.9 Å². The number of piperidine rings is 1. The Bertz CT molecular complexity index is 414. The first-order valence-electron chi connectivity index (χ1n) is 6.88. The van der Waals surface area contributed by atoms with E-state index in [1.54, 1.807) is 7.11 Å². The molecular weight excluding hydrogens is 240 g/mol. The van der Waals surface area contributed by atoms with Crippen LogP contribution in [0.2, 0.25) is 0 Å². The maximum absolute atomic E-state index is 11.9. The van der Waals surface area contributed by atoms with Crippen LogP contribution in [0, 0.1) is 5.92 Å². The van der Waals surface area contributed by atoms with E-state index in [4.69, 9.17) is 4.74 Å². The molecule has 0 spiro atoms. The van der Waals surface area contributed by atoms with E-state index in [1.807, 2.05) is 24.3 Å². The summed E-state index contributed by atoms with van der Waals surface area (Å²) in [5, 5.41) is 6.30. The molecular formula is C15H22N2O2. The van der Waals surface area contributed by atoms with Gasteiger partial charge in [0, 0.05) is 13.0 Å². The molecule has 2 N–H and O–H groups in total. The molecule has 4 heteroatoms. The zero-order valence-electron chi connectivity index (χ0n) is 11.4. The van der Waals surface area contributed by atoms with Crippen molar-refractivity contribution in [2.75, 3.05) is 20.2 Å². The number of methoxy groups -OCH3 is 1. The smallest absolute Gasteiger partial charge is 0.220 e. The Morgan fingerprint density at radius 1 is 1.42 bits per heavy atom. The maximum atomic E-state index is 11.9. The molecule has 0 radical (unpaired) electrons. The number of benzene rings is 1. The summed E-state index contributed by atoms with van der Waals surface area (Å²) < 4.78 is 5.16. The van der Waals surface area contributed by atoms with E-state index in [-0.39, 0.29) is 5.91 Å². The third-order valence-electron chi connectivity index (χ3n) is 3.56. The fraction of sp³-hybridized carbons (Fsp3) is 0.533. The predicted octanol–water partition coefficient (Wildman–Crippen LogP) is 1.70. The monoisotopic (exact) mass is 262 g/mol. The zero-order valence-corrected chi connectivity index (χ0v) is 11.4. The standard InChI is InChI=1S/C15H22N2O2/c1-19-14-4-2-3-13(9-14)11-17-15(18)10-12-5-7-16-8-6-12/h2-4,9,12,16H,5-8,10-11H2,1H3,(H,17,18). The fourth-order valence-corrected chi connectivity index (χ4v) is 2.40. The molecule has 1 saturated heterocycles. The van der Waals surface area contributed by atoms with E-state index in [2.05, 4.69) is 10.6 Å². The molecule has 4 nitrogen and oxygen atoms in total. The summed E-state index contributed by atoms with van der Waals surface area (Å²) in [4.78, 5) is 11.9. The third-order valence-corrected chi connectivity index (χ3v) is 3.56.